The first-order valence-corrected chi connectivity index (χ1v) is 9.15. The molecular formula is C19H24N2O3S. The van der Waals surface area contributed by atoms with Gasteiger partial charge in [-0.15, -0.1) is 11.3 Å². The number of hydrogen-bond donors (Lipinski definition) is 1. The number of benzene rings is 1. The van der Waals surface area contributed by atoms with E-state index in [1.54, 1.807) is 0 Å². The molecule has 1 aromatic carbocycles. The van der Waals surface area contributed by atoms with Crippen molar-refractivity contribution in [3.8, 4) is 10.6 Å². The Morgan fingerprint density at radius 1 is 1.20 bits per heavy atom. The molecule has 0 aliphatic rings. The van der Waals surface area contributed by atoms with Crippen molar-refractivity contribution in [3.05, 3.63) is 40.9 Å². The molecule has 0 saturated heterocycles. The van der Waals surface area contributed by atoms with Crippen LogP contribution in [-0.4, -0.2) is 29.0 Å². The van der Waals surface area contributed by atoms with E-state index in [4.69, 9.17) is 4.74 Å². The molecule has 1 heterocycles. The van der Waals surface area contributed by atoms with Crippen molar-refractivity contribution >= 4 is 23.2 Å². The predicted molar refractivity (Wildman–Crippen MR) is 99.5 cm³/mol. The highest BCUT2D eigenvalue weighted by Gasteiger charge is 2.16. The zero-order valence-electron chi connectivity index (χ0n) is 15.1. The summed E-state index contributed by atoms with van der Waals surface area (Å²) in [5, 5.41) is 5.46. The van der Waals surface area contributed by atoms with E-state index in [1.165, 1.54) is 16.9 Å². The third-order valence-corrected chi connectivity index (χ3v) is 4.31. The molecule has 0 spiro atoms. The Morgan fingerprint density at radius 2 is 1.88 bits per heavy atom. The minimum atomic E-state index is -0.456. The molecule has 0 aliphatic heterocycles. The Balaban J connectivity index is 1.87. The molecule has 6 heteroatoms. The quantitative estimate of drug-likeness (QED) is 0.802. The van der Waals surface area contributed by atoms with Gasteiger partial charge in [0.2, 0.25) is 0 Å². The van der Waals surface area contributed by atoms with E-state index in [2.05, 4.69) is 29.4 Å². The van der Waals surface area contributed by atoms with E-state index in [9.17, 15) is 9.59 Å². The predicted octanol–water partition coefficient (Wildman–Crippen LogP) is 3.37. The molecule has 2 aromatic rings. The minimum absolute atomic E-state index is 0.0618. The molecule has 5 nitrogen and oxygen atoms in total. The first kappa shape index (κ1) is 19.1. The molecule has 2 rings (SSSR count). The number of amides is 1. The number of rotatable bonds is 6. The number of thiazole rings is 1. The SMILES string of the molecule is CCc1ccc(-c2nc(CC(=O)OCC(=O)NC(C)(C)C)cs2)cc1. The zero-order valence-corrected chi connectivity index (χ0v) is 15.9. The number of esters is 1. The number of aromatic nitrogens is 1. The highest BCUT2D eigenvalue weighted by molar-refractivity contribution is 7.13. The Morgan fingerprint density at radius 3 is 2.48 bits per heavy atom. The lowest BCUT2D eigenvalue weighted by Gasteiger charge is -2.20. The van der Waals surface area contributed by atoms with Crippen molar-refractivity contribution in [2.75, 3.05) is 6.61 Å². The second-order valence-electron chi connectivity index (χ2n) is 6.83. The smallest absolute Gasteiger partial charge is 0.312 e. The number of hydrogen-bond acceptors (Lipinski definition) is 5. The first-order chi connectivity index (χ1) is 11.8. The minimum Gasteiger partial charge on any atom is -0.455 e. The maximum Gasteiger partial charge on any atom is 0.312 e. The highest BCUT2D eigenvalue weighted by atomic mass is 32.1. The van der Waals surface area contributed by atoms with Gasteiger partial charge in [0.1, 0.15) is 5.01 Å². The van der Waals surface area contributed by atoms with E-state index in [1.807, 2.05) is 38.3 Å². The van der Waals surface area contributed by atoms with E-state index in [-0.39, 0.29) is 24.5 Å². The van der Waals surface area contributed by atoms with Gasteiger partial charge >= 0.3 is 5.97 Å². The van der Waals surface area contributed by atoms with Gasteiger partial charge in [-0.1, -0.05) is 31.2 Å². The standard InChI is InChI=1S/C19H24N2O3S/c1-5-13-6-8-14(9-7-13)18-20-15(12-25-18)10-17(23)24-11-16(22)21-19(2,3)4/h6-9,12H,5,10-11H2,1-4H3,(H,21,22). The van der Waals surface area contributed by atoms with Crippen molar-refractivity contribution in [2.45, 2.75) is 46.1 Å². The van der Waals surface area contributed by atoms with Crippen molar-refractivity contribution in [3.63, 3.8) is 0 Å². The van der Waals surface area contributed by atoms with E-state index in [0.717, 1.165) is 17.0 Å². The van der Waals surface area contributed by atoms with Crippen molar-refractivity contribution in [1.82, 2.24) is 10.3 Å². The average molecular weight is 360 g/mol. The number of nitrogens with one attached hydrogen (secondary N) is 1. The third kappa shape index (κ3) is 6.31. The summed E-state index contributed by atoms with van der Waals surface area (Å²) in [4.78, 5) is 28.0. The lowest BCUT2D eigenvalue weighted by atomic mass is 10.1. The molecule has 1 aromatic heterocycles. The maximum atomic E-state index is 11.9. The number of aryl methyl sites for hydroxylation is 1. The van der Waals surface area contributed by atoms with Crippen LogP contribution in [0.1, 0.15) is 39.0 Å². The fourth-order valence-electron chi connectivity index (χ4n) is 2.20. The van der Waals surface area contributed by atoms with Gasteiger partial charge in [-0.2, -0.15) is 0 Å². The summed E-state index contributed by atoms with van der Waals surface area (Å²) < 4.78 is 5.01. The monoisotopic (exact) mass is 360 g/mol. The number of ether oxygens (including phenoxy) is 1. The summed E-state index contributed by atoms with van der Waals surface area (Å²) in [5.41, 5.74) is 2.62. The van der Waals surface area contributed by atoms with Crippen LogP contribution in [0.25, 0.3) is 10.6 Å². The molecule has 0 aliphatic carbocycles. The van der Waals surface area contributed by atoms with Gasteiger partial charge in [0.05, 0.1) is 12.1 Å². The topological polar surface area (TPSA) is 68.3 Å². The summed E-state index contributed by atoms with van der Waals surface area (Å²) in [6.07, 6.45) is 1.06. The fraction of sp³-hybridized carbons (Fsp3) is 0.421. The second kappa shape index (κ2) is 8.25. The van der Waals surface area contributed by atoms with E-state index in [0.29, 0.717) is 5.69 Å². The summed E-state index contributed by atoms with van der Waals surface area (Å²) >= 11 is 1.49. The Hall–Kier alpha value is -2.21. The van der Waals surface area contributed by atoms with Crippen LogP contribution >= 0.6 is 11.3 Å². The van der Waals surface area contributed by atoms with Gasteiger partial charge in [0.25, 0.3) is 5.91 Å². The molecular weight excluding hydrogens is 336 g/mol. The normalized spacial score (nSPS) is 11.2. The van der Waals surface area contributed by atoms with Gasteiger partial charge < -0.3 is 10.1 Å². The lowest BCUT2D eigenvalue weighted by Crippen LogP contribution is -2.42. The van der Waals surface area contributed by atoms with Crippen LogP contribution in [0.5, 0.6) is 0 Å². The van der Waals surface area contributed by atoms with Crippen LogP contribution in [0.15, 0.2) is 29.6 Å². The Labute approximate surface area is 152 Å². The Kier molecular flexibility index (Phi) is 6.31. The second-order valence-corrected chi connectivity index (χ2v) is 7.69. The summed E-state index contributed by atoms with van der Waals surface area (Å²) in [6.45, 7) is 7.46. The summed E-state index contributed by atoms with van der Waals surface area (Å²) in [5.74, 6) is -0.766. The average Bonchev–Trinajstić information content (AvgIpc) is 3.00. The van der Waals surface area contributed by atoms with Crippen LogP contribution in [0, 0.1) is 0 Å². The maximum absolute atomic E-state index is 11.9. The van der Waals surface area contributed by atoms with Gasteiger partial charge in [-0.3, -0.25) is 9.59 Å². The first-order valence-electron chi connectivity index (χ1n) is 8.27. The van der Waals surface area contributed by atoms with Gasteiger partial charge in [0, 0.05) is 16.5 Å². The van der Waals surface area contributed by atoms with Crippen molar-refractivity contribution in [2.24, 2.45) is 0 Å². The molecule has 1 N–H and O–H groups in total. The van der Waals surface area contributed by atoms with E-state index < -0.39 is 5.97 Å². The molecule has 25 heavy (non-hydrogen) atoms. The van der Waals surface area contributed by atoms with Gasteiger partial charge in [0.15, 0.2) is 6.61 Å². The van der Waals surface area contributed by atoms with E-state index >= 15 is 0 Å². The zero-order chi connectivity index (χ0) is 18.4. The number of carbonyl (C=O) groups is 2. The Bertz CT molecular complexity index is 730. The van der Waals surface area contributed by atoms with Gasteiger partial charge in [-0.05, 0) is 32.8 Å². The fourth-order valence-corrected chi connectivity index (χ4v) is 3.03. The van der Waals surface area contributed by atoms with Crippen LogP contribution < -0.4 is 5.32 Å². The molecule has 0 unspecified atom stereocenters. The van der Waals surface area contributed by atoms with Crippen LogP contribution in [0.4, 0.5) is 0 Å². The third-order valence-electron chi connectivity index (χ3n) is 3.37. The molecule has 0 fully saturated rings. The largest absolute Gasteiger partial charge is 0.455 e. The number of nitrogens with zero attached hydrogens (tertiary/aromatic N) is 1. The molecule has 0 atom stereocenters. The van der Waals surface area contributed by atoms with Crippen molar-refractivity contribution < 1.29 is 14.3 Å². The molecule has 0 bridgehead atoms. The van der Waals surface area contributed by atoms with Gasteiger partial charge in [-0.25, -0.2) is 4.98 Å². The van der Waals surface area contributed by atoms with Crippen LogP contribution in [-0.2, 0) is 27.2 Å². The van der Waals surface area contributed by atoms with Crippen LogP contribution in [0.2, 0.25) is 0 Å². The number of carbonyl (C=O) groups excluding carboxylic acids is 2. The molecule has 134 valence electrons. The summed E-state index contributed by atoms with van der Waals surface area (Å²) in [7, 11) is 0. The van der Waals surface area contributed by atoms with Crippen LogP contribution in [0.3, 0.4) is 0 Å². The highest BCUT2D eigenvalue weighted by Crippen LogP contribution is 2.24. The lowest BCUT2D eigenvalue weighted by molar-refractivity contribution is -0.148. The molecule has 0 saturated carbocycles. The molecule has 1 amide bonds. The molecule has 0 radical (unpaired) electrons. The van der Waals surface area contributed by atoms with Crippen molar-refractivity contribution in [1.29, 1.82) is 0 Å². The summed E-state index contributed by atoms with van der Waals surface area (Å²) in [6, 6.07) is 8.24.